The largest absolute Gasteiger partial charge is 0.455 e. The average Bonchev–Trinajstić information content (AvgIpc) is 3.62. The standard InChI is InChI=1S/C23H25N7O3/c31-30(32)18-7-5-17(6-8-18)20-10-9-19(33-20)16-24-27-21-15-22(28-11-1-2-12-28)26-23(25-21)29-13-3-4-14-29/h5-10,15-16H,1-4,11-14H2,(H,25,26,27)/b24-16+. The molecule has 1 aromatic carbocycles. The van der Waals surface area contributed by atoms with Crippen molar-refractivity contribution in [1.29, 1.82) is 0 Å². The Labute approximate surface area is 191 Å². The molecule has 0 unspecified atom stereocenters. The molecule has 10 heteroatoms. The lowest BCUT2D eigenvalue weighted by molar-refractivity contribution is -0.384. The summed E-state index contributed by atoms with van der Waals surface area (Å²) < 4.78 is 5.81. The third kappa shape index (κ3) is 4.79. The fourth-order valence-electron chi connectivity index (χ4n) is 4.13. The summed E-state index contributed by atoms with van der Waals surface area (Å²) in [6.07, 6.45) is 6.27. The maximum atomic E-state index is 10.8. The summed E-state index contributed by atoms with van der Waals surface area (Å²) in [4.78, 5) is 24.4. The predicted octanol–water partition coefficient (Wildman–Crippen LogP) is 4.29. The quantitative estimate of drug-likeness (QED) is 0.324. The molecular formula is C23H25N7O3. The van der Waals surface area contributed by atoms with Gasteiger partial charge in [0.25, 0.3) is 5.69 Å². The molecule has 0 aliphatic carbocycles. The van der Waals surface area contributed by atoms with Gasteiger partial charge in [-0.15, -0.1) is 0 Å². The lowest BCUT2D eigenvalue weighted by Gasteiger charge is -2.21. The molecule has 2 fully saturated rings. The molecule has 4 heterocycles. The van der Waals surface area contributed by atoms with Crippen molar-refractivity contribution in [2.45, 2.75) is 25.7 Å². The maximum Gasteiger partial charge on any atom is 0.269 e. The molecule has 0 amide bonds. The van der Waals surface area contributed by atoms with Gasteiger partial charge in [0.05, 0.1) is 11.1 Å². The first-order valence-corrected chi connectivity index (χ1v) is 11.2. The molecule has 2 aromatic heterocycles. The second-order valence-corrected chi connectivity index (χ2v) is 8.18. The van der Waals surface area contributed by atoms with Crippen LogP contribution in [0, 0.1) is 10.1 Å². The fraction of sp³-hybridized carbons (Fsp3) is 0.348. The molecule has 33 heavy (non-hydrogen) atoms. The van der Waals surface area contributed by atoms with Crippen LogP contribution in [0.15, 0.2) is 52.0 Å². The number of nitrogens with one attached hydrogen (secondary N) is 1. The number of anilines is 3. The average molecular weight is 447 g/mol. The highest BCUT2D eigenvalue weighted by atomic mass is 16.6. The minimum absolute atomic E-state index is 0.0442. The SMILES string of the molecule is O=[N+]([O-])c1ccc(-c2ccc(/C=N/Nc3cc(N4CCCC4)nc(N4CCCC4)n3)o2)cc1. The molecule has 0 bridgehead atoms. The van der Waals surface area contributed by atoms with Crippen LogP contribution in [-0.4, -0.2) is 47.3 Å². The van der Waals surface area contributed by atoms with E-state index in [1.807, 2.05) is 12.1 Å². The predicted molar refractivity (Wildman–Crippen MR) is 127 cm³/mol. The summed E-state index contributed by atoms with van der Waals surface area (Å²) in [5, 5.41) is 15.1. The zero-order valence-corrected chi connectivity index (χ0v) is 18.2. The van der Waals surface area contributed by atoms with Crippen molar-refractivity contribution >= 4 is 29.5 Å². The van der Waals surface area contributed by atoms with Gasteiger partial charge in [0.2, 0.25) is 5.95 Å². The van der Waals surface area contributed by atoms with Crippen LogP contribution in [0.25, 0.3) is 11.3 Å². The Balaban J connectivity index is 1.30. The minimum Gasteiger partial charge on any atom is -0.455 e. The Morgan fingerprint density at radius 2 is 1.67 bits per heavy atom. The number of benzene rings is 1. The second-order valence-electron chi connectivity index (χ2n) is 8.18. The van der Waals surface area contributed by atoms with Gasteiger partial charge in [0.1, 0.15) is 17.3 Å². The second kappa shape index (κ2) is 9.27. The Morgan fingerprint density at radius 1 is 0.970 bits per heavy atom. The summed E-state index contributed by atoms with van der Waals surface area (Å²) in [5.41, 5.74) is 3.82. The third-order valence-corrected chi connectivity index (χ3v) is 5.88. The van der Waals surface area contributed by atoms with E-state index in [9.17, 15) is 10.1 Å². The molecule has 0 radical (unpaired) electrons. The number of nitro benzene ring substituents is 1. The van der Waals surface area contributed by atoms with Crippen LogP contribution in [0.1, 0.15) is 31.4 Å². The number of hydrazone groups is 1. The number of rotatable bonds is 7. The van der Waals surface area contributed by atoms with Crippen molar-refractivity contribution in [2.75, 3.05) is 41.4 Å². The van der Waals surface area contributed by atoms with E-state index in [1.54, 1.807) is 24.4 Å². The number of hydrogen-bond acceptors (Lipinski definition) is 9. The summed E-state index contributed by atoms with van der Waals surface area (Å²) in [6, 6.07) is 11.8. The lowest BCUT2D eigenvalue weighted by atomic mass is 10.1. The van der Waals surface area contributed by atoms with Gasteiger partial charge in [0.15, 0.2) is 5.82 Å². The molecule has 0 atom stereocenters. The number of hydrogen-bond donors (Lipinski definition) is 1. The molecule has 5 rings (SSSR count). The van der Waals surface area contributed by atoms with E-state index in [1.165, 1.54) is 25.0 Å². The molecular weight excluding hydrogens is 422 g/mol. The number of furan rings is 1. The first-order valence-electron chi connectivity index (χ1n) is 11.2. The van der Waals surface area contributed by atoms with Crippen molar-refractivity contribution in [3.63, 3.8) is 0 Å². The van der Waals surface area contributed by atoms with Crippen LogP contribution < -0.4 is 15.2 Å². The molecule has 1 N–H and O–H groups in total. The summed E-state index contributed by atoms with van der Waals surface area (Å²) in [7, 11) is 0. The van der Waals surface area contributed by atoms with Gasteiger partial charge in [-0.1, -0.05) is 0 Å². The molecule has 2 saturated heterocycles. The van der Waals surface area contributed by atoms with E-state index in [-0.39, 0.29) is 5.69 Å². The van der Waals surface area contributed by atoms with Crippen molar-refractivity contribution in [1.82, 2.24) is 9.97 Å². The van der Waals surface area contributed by atoms with Gasteiger partial charge in [-0.2, -0.15) is 15.1 Å². The zero-order valence-electron chi connectivity index (χ0n) is 18.2. The van der Waals surface area contributed by atoms with Gasteiger partial charge in [0, 0.05) is 49.9 Å². The summed E-state index contributed by atoms with van der Waals surface area (Å²) in [6.45, 7) is 3.97. The number of aromatic nitrogens is 2. The van der Waals surface area contributed by atoms with Gasteiger partial charge < -0.3 is 14.2 Å². The van der Waals surface area contributed by atoms with Crippen LogP contribution in [0.3, 0.4) is 0 Å². The zero-order chi connectivity index (χ0) is 22.6. The first-order chi connectivity index (χ1) is 16.2. The fourth-order valence-corrected chi connectivity index (χ4v) is 4.13. The highest BCUT2D eigenvalue weighted by Crippen LogP contribution is 2.26. The van der Waals surface area contributed by atoms with Crippen LogP contribution >= 0.6 is 0 Å². The molecule has 0 saturated carbocycles. The van der Waals surface area contributed by atoms with Crippen molar-refractivity contribution in [3.8, 4) is 11.3 Å². The lowest BCUT2D eigenvalue weighted by Crippen LogP contribution is -2.24. The Bertz CT molecular complexity index is 1110. The summed E-state index contributed by atoms with van der Waals surface area (Å²) >= 11 is 0. The normalized spacial score (nSPS) is 16.1. The van der Waals surface area contributed by atoms with Crippen molar-refractivity contribution in [3.05, 3.63) is 58.3 Å². The van der Waals surface area contributed by atoms with Crippen LogP contribution in [0.5, 0.6) is 0 Å². The minimum atomic E-state index is -0.424. The van der Waals surface area contributed by atoms with Crippen molar-refractivity contribution in [2.24, 2.45) is 5.10 Å². The van der Waals surface area contributed by atoms with E-state index < -0.39 is 4.92 Å². The van der Waals surface area contributed by atoms with E-state index in [0.29, 0.717) is 17.3 Å². The smallest absolute Gasteiger partial charge is 0.269 e. The van der Waals surface area contributed by atoms with Gasteiger partial charge >= 0.3 is 0 Å². The van der Waals surface area contributed by atoms with Gasteiger partial charge in [-0.05, 0) is 49.9 Å². The maximum absolute atomic E-state index is 10.8. The molecule has 170 valence electrons. The topological polar surface area (TPSA) is 113 Å². The van der Waals surface area contributed by atoms with E-state index in [2.05, 4.69) is 25.3 Å². The number of nitro groups is 1. The molecule has 0 spiro atoms. The Morgan fingerprint density at radius 3 is 2.36 bits per heavy atom. The van der Waals surface area contributed by atoms with E-state index >= 15 is 0 Å². The first kappa shape index (κ1) is 20.9. The van der Waals surface area contributed by atoms with Crippen LogP contribution in [0.2, 0.25) is 0 Å². The Hall–Kier alpha value is -3.95. The van der Waals surface area contributed by atoms with Gasteiger partial charge in [-0.3, -0.25) is 15.5 Å². The highest BCUT2D eigenvalue weighted by molar-refractivity contribution is 5.78. The number of non-ortho nitro benzene ring substituents is 1. The Kier molecular flexibility index (Phi) is 5.88. The van der Waals surface area contributed by atoms with Crippen LogP contribution in [0.4, 0.5) is 23.3 Å². The van der Waals surface area contributed by atoms with E-state index in [0.717, 1.165) is 56.4 Å². The van der Waals surface area contributed by atoms with Crippen molar-refractivity contribution < 1.29 is 9.34 Å². The molecule has 2 aliphatic heterocycles. The van der Waals surface area contributed by atoms with E-state index in [4.69, 9.17) is 9.40 Å². The number of nitrogens with zero attached hydrogens (tertiary/aromatic N) is 6. The monoisotopic (exact) mass is 447 g/mol. The van der Waals surface area contributed by atoms with Gasteiger partial charge in [-0.25, -0.2) is 0 Å². The van der Waals surface area contributed by atoms with Crippen LogP contribution in [-0.2, 0) is 0 Å². The third-order valence-electron chi connectivity index (χ3n) is 5.88. The molecule has 3 aromatic rings. The molecule has 10 nitrogen and oxygen atoms in total. The highest BCUT2D eigenvalue weighted by Gasteiger charge is 2.20. The summed E-state index contributed by atoms with van der Waals surface area (Å²) in [5.74, 6) is 3.49. The molecule has 2 aliphatic rings.